The first kappa shape index (κ1) is 21.1. The highest BCUT2D eigenvalue weighted by molar-refractivity contribution is 7.91. The van der Waals surface area contributed by atoms with Gasteiger partial charge in [-0.05, 0) is 86.3 Å². The average molecular weight is 458 g/mol. The second-order valence-electron chi connectivity index (χ2n) is 8.36. The van der Waals surface area contributed by atoms with E-state index in [1.165, 1.54) is 4.52 Å². The molecule has 1 N–H and O–H groups in total. The van der Waals surface area contributed by atoms with Gasteiger partial charge in [-0.2, -0.15) is 4.52 Å². The average Bonchev–Trinajstić information content (AvgIpc) is 3.20. The van der Waals surface area contributed by atoms with E-state index in [-0.39, 0.29) is 15.6 Å². The van der Waals surface area contributed by atoms with Gasteiger partial charge < -0.3 is 5.32 Å². The van der Waals surface area contributed by atoms with Gasteiger partial charge in [-0.1, -0.05) is 29.5 Å². The summed E-state index contributed by atoms with van der Waals surface area (Å²) in [4.78, 5) is 4.87. The molecular formula is C25H23N5O2S. The smallest absolute Gasteiger partial charge is 0.229 e. The number of nitrogens with one attached hydrogen (secondary N) is 1. The molecule has 8 heteroatoms. The molecule has 33 heavy (non-hydrogen) atoms. The number of fused-ring (bicyclic) bond motifs is 3. The molecule has 0 amide bonds. The zero-order valence-corrected chi connectivity index (χ0v) is 19.6. The number of rotatable bonds is 4. The summed E-state index contributed by atoms with van der Waals surface area (Å²) in [5.41, 5.74) is 5.91. The van der Waals surface area contributed by atoms with Crippen LogP contribution in [0.3, 0.4) is 0 Å². The molecule has 0 aliphatic heterocycles. The van der Waals surface area contributed by atoms with Gasteiger partial charge in [0.15, 0.2) is 5.65 Å². The number of nitrogens with zero attached hydrogens (tertiary/aromatic N) is 4. The molecule has 0 aliphatic carbocycles. The van der Waals surface area contributed by atoms with Gasteiger partial charge in [-0.15, -0.1) is 5.10 Å². The monoisotopic (exact) mass is 457 g/mol. The molecule has 0 fully saturated rings. The summed E-state index contributed by atoms with van der Waals surface area (Å²) in [5.74, 6) is 0.543. The normalized spacial score (nSPS) is 11.9. The van der Waals surface area contributed by atoms with Crippen molar-refractivity contribution in [2.24, 2.45) is 0 Å². The number of para-hydroxylation sites is 1. The van der Waals surface area contributed by atoms with Gasteiger partial charge in [-0.3, -0.25) is 0 Å². The van der Waals surface area contributed by atoms with Gasteiger partial charge in [0.25, 0.3) is 0 Å². The third kappa shape index (κ3) is 3.62. The number of benzene rings is 3. The number of sulfone groups is 1. The first-order chi connectivity index (χ1) is 15.7. The SMILES string of the molecule is Cc1cc(C)cc(Nc2nc3c(S(=O)(=O)c4ccc(C)c(C)c4)nnn3c3ccccc23)c1. The largest absolute Gasteiger partial charge is 0.340 e. The number of aromatic nitrogens is 4. The van der Waals surface area contributed by atoms with Gasteiger partial charge in [0, 0.05) is 11.1 Å². The summed E-state index contributed by atoms with van der Waals surface area (Å²) in [5, 5.41) is 12.2. The van der Waals surface area contributed by atoms with Crippen LogP contribution in [0.2, 0.25) is 0 Å². The number of anilines is 2. The summed E-state index contributed by atoms with van der Waals surface area (Å²) >= 11 is 0. The van der Waals surface area contributed by atoms with Gasteiger partial charge in [-0.25, -0.2) is 13.4 Å². The molecule has 0 bridgehead atoms. The van der Waals surface area contributed by atoms with Crippen molar-refractivity contribution in [3.63, 3.8) is 0 Å². The van der Waals surface area contributed by atoms with Gasteiger partial charge in [0.2, 0.25) is 14.9 Å². The van der Waals surface area contributed by atoms with E-state index in [4.69, 9.17) is 4.98 Å². The number of hydrogen-bond donors (Lipinski definition) is 1. The Morgan fingerprint density at radius 2 is 1.58 bits per heavy atom. The predicted octanol–water partition coefficient (Wildman–Crippen LogP) is 5.09. The Balaban J connectivity index is 1.74. The molecule has 0 aliphatic rings. The van der Waals surface area contributed by atoms with E-state index in [2.05, 4.69) is 21.7 Å². The molecule has 2 heterocycles. The maximum Gasteiger partial charge on any atom is 0.229 e. The highest BCUT2D eigenvalue weighted by Gasteiger charge is 2.27. The van der Waals surface area contributed by atoms with Crippen molar-refractivity contribution in [1.29, 1.82) is 0 Å². The first-order valence-corrected chi connectivity index (χ1v) is 12.0. The first-order valence-electron chi connectivity index (χ1n) is 10.6. The lowest BCUT2D eigenvalue weighted by molar-refractivity contribution is 0.592. The van der Waals surface area contributed by atoms with Gasteiger partial charge in [0.1, 0.15) is 5.82 Å². The molecule has 0 radical (unpaired) electrons. The molecule has 5 aromatic rings. The molecule has 7 nitrogen and oxygen atoms in total. The Kier molecular flexibility index (Phi) is 4.90. The second kappa shape index (κ2) is 7.67. The van der Waals surface area contributed by atoms with Crippen molar-refractivity contribution < 1.29 is 8.42 Å². The molecular weight excluding hydrogens is 434 g/mol. The van der Waals surface area contributed by atoms with Gasteiger partial charge >= 0.3 is 0 Å². The summed E-state index contributed by atoms with van der Waals surface area (Å²) in [6.07, 6.45) is 0. The third-order valence-electron chi connectivity index (χ3n) is 5.75. The molecule has 2 aromatic heterocycles. The van der Waals surface area contributed by atoms with Crippen LogP contribution in [0.15, 0.2) is 70.6 Å². The van der Waals surface area contributed by atoms with Crippen molar-refractivity contribution in [2.45, 2.75) is 37.6 Å². The highest BCUT2D eigenvalue weighted by Crippen LogP contribution is 2.30. The molecule has 0 unspecified atom stereocenters. The molecule has 166 valence electrons. The zero-order valence-electron chi connectivity index (χ0n) is 18.8. The Morgan fingerprint density at radius 1 is 0.848 bits per heavy atom. The molecule has 3 aromatic carbocycles. The van der Waals surface area contributed by atoms with Crippen molar-refractivity contribution in [1.82, 2.24) is 19.8 Å². The van der Waals surface area contributed by atoms with Crippen molar-refractivity contribution in [3.05, 3.63) is 82.9 Å². The predicted molar refractivity (Wildman–Crippen MR) is 129 cm³/mol. The zero-order chi connectivity index (χ0) is 23.3. The minimum atomic E-state index is -3.92. The van der Waals surface area contributed by atoms with Crippen LogP contribution in [-0.4, -0.2) is 28.2 Å². The summed E-state index contributed by atoms with van der Waals surface area (Å²) < 4.78 is 28.5. The van der Waals surface area contributed by atoms with E-state index in [1.54, 1.807) is 18.2 Å². The number of hydrogen-bond acceptors (Lipinski definition) is 6. The lowest BCUT2D eigenvalue weighted by Crippen LogP contribution is -2.06. The van der Waals surface area contributed by atoms with Crippen molar-refractivity contribution in [3.8, 4) is 0 Å². The van der Waals surface area contributed by atoms with Crippen LogP contribution < -0.4 is 5.32 Å². The fourth-order valence-corrected chi connectivity index (χ4v) is 5.31. The van der Waals surface area contributed by atoms with Crippen molar-refractivity contribution in [2.75, 3.05) is 5.32 Å². The van der Waals surface area contributed by atoms with Crippen LogP contribution in [0, 0.1) is 27.7 Å². The summed E-state index contributed by atoms with van der Waals surface area (Å²) in [6, 6.07) is 18.8. The summed E-state index contributed by atoms with van der Waals surface area (Å²) in [7, 11) is -3.92. The van der Waals surface area contributed by atoms with Crippen LogP contribution in [-0.2, 0) is 9.84 Å². The maximum absolute atomic E-state index is 13.5. The third-order valence-corrected chi connectivity index (χ3v) is 7.40. The topological polar surface area (TPSA) is 89.2 Å². The Labute approximate surface area is 192 Å². The minimum Gasteiger partial charge on any atom is -0.340 e. The van der Waals surface area contributed by atoms with Crippen LogP contribution in [0.4, 0.5) is 11.5 Å². The van der Waals surface area contributed by atoms with Crippen LogP contribution in [0.5, 0.6) is 0 Å². The Bertz CT molecular complexity index is 1630. The minimum absolute atomic E-state index is 0.167. The Morgan fingerprint density at radius 3 is 2.30 bits per heavy atom. The van der Waals surface area contributed by atoms with E-state index in [1.807, 2.05) is 64.1 Å². The second-order valence-corrected chi connectivity index (χ2v) is 10.2. The lowest BCUT2D eigenvalue weighted by Gasteiger charge is -2.12. The van der Waals surface area contributed by atoms with E-state index in [0.717, 1.165) is 33.3 Å². The maximum atomic E-state index is 13.5. The van der Waals surface area contributed by atoms with Crippen LogP contribution >= 0.6 is 0 Å². The fourth-order valence-electron chi connectivity index (χ4n) is 3.99. The van der Waals surface area contributed by atoms with E-state index < -0.39 is 9.84 Å². The summed E-state index contributed by atoms with van der Waals surface area (Å²) in [6.45, 7) is 7.89. The molecule has 0 saturated carbocycles. The van der Waals surface area contributed by atoms with Crippen LogP contribution in [0.1, 0.15) is 22.3 Å². The molecule has 5 rings (SSSR count). The highest BCUT2D eigenvalue weighted by atomic mass is 32.2. The van der Waals surface area contributed by atoms with E-state index in [0.29, 0.717) is 11.3 Å². The quantitative estimate of drug-likeness (QED) is 0.404. The fraction of sp³-hybridized carbons (Fsp3) is 0.160. The van der Waals surface area contributed by atoms with Gasteiger partial charge in [0.05, 0.1) is 10.4 Å². The molecule has 0 saturated heterocycles. The molecule has 0 atom stereocenters. The van der Waals surface area contributed by atoms with E-state index in [9.17, 15) is 8.42 Å². The Hall–Kier alpha value is -3.78. The standard InChI is InChI=1S/C25H23N5O2S/c1-15-11-16(2)13-19(12-15)26-23-21-7-5-6-8-22(21)30-24(27-23)25(28-29-30)33(31,32)20-10-9-17(3)18(4)14-20/h5-14H,1-4H3,(H,26,27). The lowest BCUT2D eigenvalue weighted by atomic mass is 10.1. The van der Waals surface area contributed by atoms with Crippen LogP contribution in [0.25, 0.3) is 16.6 Å². The molecule has 0 spiro atoms. The van der Waals surface area contributed by atoms with Crippen molar-refractivity contribution >= 4 is 37.9 Å². The number of aryl methyl sites for hydroxylation is 4. The van der Waals surface area contributed by atoms with E-state index >= 15 is 0 Å².